The van der Waals surface area contributed by atoms with Crippen molar-refractivity contribution in [3.63, 3.8) is 0 Å². The molecule has 0 bridgehead atoms. The van der Waals surface area contributed by atoms with Crippen LogP contribution in [0.5, 0.6) is 0 Å². The van der Waals surface area contributed by atoms with Crippen LogP contribution in [-0.2, 0) is 4.74 Å². The highest BCUT2D eigenvalue weighted by Crippen LogP contribution is 2.38. The number of anilines is 1. The lowest BCUT2D eigenvalue weighted by atomic mass is 9.79. The first-order chi connectivity index (χ1) is 9.29. The molecule has 2 fully saturated rings. The highest BCUT2D eigenvalue weighted by Gasteiger charge is 2.36. The van der Waals surface area contributed by atoms with Gasteiger partial charge in [0.05, 0.1) is 12.7 Å². The van der Waals surface area contributed by atoms with Crippen LogP contribution in [0.15, 0.2) is 12.4 Å². The lowest BCUT2D eigenvalue weighted by Gasteiger charge is -2.36. The van der Waals surface area contributed by atoms with Crippen molar-refractivity contribution in [1.82, 2.24) is 9.97 Å². The summed E-state index contributed by atoms with van der Waals surface area (Å²) in [6.45, 7) is 1.03. The predicted molar refractivity (Wildman–Crippen MR) is 71.1 cm³/mol. The van der Waals surface area contributed by atoms with Crippen LogP contribution in [0, 0.1) is 5.92 Å². The lowest BCUT2D eigenvalue weighted by molar-refractivity contribution is 0.0600. The van der Waals surface area contributed by atoms with Gasteiger partial charge in [-0.25, -0.2) is 14.8 Å². The van der Waals surface area contributed by atoms with Crippen LogP contribution < -0.4 is 4.90 Å². The molecule has 1 saturated heterocycles. The zero-order valence-electron chi connectivity index (χ0n) is 11.2. The van der Waals surface area contributed by atoms with Gasteiger partial charge in [0.15, 0.2) is 0 Å². The van der Waals surface area contributed by atoms with Gasteiger partial charge in [-0.05, 0) is 31.6 Å². The molecule has 0 radical (unpaired) electrons. The number of methoxy groups -OCH3 is 1. The van der Waals surface area contributed by atoms with Crippen molar-refractivity contribution in [3.8, 4) is 0 Å². The number of hydrogen-bond donors (Lipinski definition) is 0. The fourth-order valence-electron chi connectivity index (χ4n) is 3.05. The minimum atomic E-state index is -0.386. The smallest absolute Gasteiger partial charge is 0.341 e. The third-order valence-electron chi connectivity index (χ3n) is 4.31. The van der Waals surface area contributed by atoms with Gasteiger partial charge < -0.3 is 9.64 Å². The SMILES string of the molecule is COC(=O)c1cnc(N2CCCC2C2CCC2)nc1. The number of aromatic nitrogens is 2. The number of rotatable bonds is 3. The molecule has 0 aromatic carbocycles. The average Bonchev–Trinajstić information content (AvgIpc) is 2.85. The van der Waals surface area contributed by atoms with Crippen LogP contribution in [0.25, 0.3) is 0 Å². The Morgan fingerprint density at radius 2 is 2.00 bits per heavy atom. The van der Waals surface area contributed by atoms with E-state index in [4.69, 9.17) is 0 Å². The van der Waals surface area contributed by atoms with Gasteiger partial charge >= 0.3 is 5.97 Å². The summed E-state index contributed by atoms with van der Waals surface area (Å²) in [4.78, 5) is 22.3. The summed E-state index contributed by atoms with van der Waals surface area (Å²) in [6, 6.07) is 0.595. The number of ether oxygens (including phenoxy) is 1. The third-order valence-corrected chi connectivity index (χ3v) is 4.31. The molecule has 1 unspecified atom stereocenters. The lowest BCUT2D eigenvalue weighted by Crippen LogP contribution is -2.39. The molecule has 0 N–H and O–H groups in total. The van der Waals surface area contributed by atoms with E-state index in [9.17, 15) is 4.79 Å². The topological polar surface area (TPSA) is 55.3 Å². The summed E-state index contributed by atoms with van der Waals surface area (Å²) < 4.78 is 4.65. The molecule has 1 aliphatic heterocycles. The summed E-state index contributed by atoms with van der Waals surface area (Å²) in [7, 11) is 1.36. The Hall–Kier alpha value is -1.65. The van der Waals surface area contributed by atoms with E-state index in [1.807, 2.05) is 0 Å². The van der Waals surface area contributed by atoms with E-state index >= 15 is 0 Å². The summed E-state index contributed by atoms with van der Waals surface area (Å²) >= 11 is 0. The monoisotopic (exact) mass is 261 g/mol. The largest absolute Gasteiger partial charge is 0.465 e. The number of carbonyl (C=O) groups excluding carboxylic acids is 1. The molecule has 5 heteroatoms. The number of carbonyl (C=O) groups is 1. The van der Waals surface area contributed by atoms with E-state index in [0.717, 1.165) is 18.4 Å². The van der Waals surface area contributed by atoms with Crippen LogP contribution >= 0.6 is 0 Å². The molecule has 2 aliphatic rings. The van der Waals surface area contributed by atoms with E-state index in [2.05, 4.69) is 19.6 Å². The molecule has 19 heavy (non-hydrogen) atoms. The molecule has 102 valence electrons. The summed E-state index contributed by atoms with van der Waals surface area (Å²) in [5.41, 5.74) is 0.408. The highest BCUT2D eigenvalue weighted by molar-refractivity contribution is 5.88. The zero-order valence-corrected chi connectivity index (χ0v) is 11.2. The Kier molecular flexibility index (Phi) is 3.36. The molecule has 1 atom stereocenters. The van der Waals surface area contributed by atoms with Crippen molar-refractivity contribution in [3.05, 3.63) is 18.0 Å². The van der Waals surface area contributed by atoms with Gasteiger partial charge in [0.25, 0.3) is 0 Å². The van der Waals surface area contributed by atoms with Crippen LogP contribution in [0.4, 0.5) is 5.95 Å². The Morgan fingerprint density at radius 1 is 1.26 bits per heavy atom. The van der Waals surface area contributed by atoms with E-state index in [1.54, 1.807) is 12.4 Å². The molecule has 0 spiro atoms. The van der Waals surface area contributed by atoms with Crippen LogP contribution in [0.1, 0.15) is 42.5 Å². The van der Waals surface area contributed by atoms with Gasteiger partial charge in [-0.3, -0.25) is 0 Å². The van der Waals surface area contributed by atoms with Gasteiger partial charge in [0.1, 0.15) is 0 Å². The maximum absolute atomic E-state index is 11.4. The Bertz CT molecular complexity index is 456. The molecule has 0 amide bonds. The quantitative estimate of drug-likeness (QED) is 0.779. The molecule has 1 saturated carbocycles. The van der Waals surface area contributed by atoms with Crippen LogP contribution in [0.2, 0.25) is 0 Å². The van der Waals surface area contributed by atoms with Crippen molar-refractivity contribution in [2.24, 2.45) is 5.92 Å². The second kappa shape index (κ2) is 5.15. The Labute approximate surface area is 113 Å². The zero-order chi connectivity index (χ0) is 13.2. The number of esters is 1. The maximum atomic E-state index is 11.4. The van der Waals surface area contributed by atoms with Crippen molar-refractivity contribution >= 4 is 11.9 Å². The Balaban J connectivity index is 1.75. The fraction of sp³-hybridized carbons (Fsp3) is 0.643. The number of nitrogens with zero attached hydrogens (tertiary/aromatic N) is 3. The van der Waals surface area contributed by atoms with Crippen LogP contribution in [0.3, 0.4) is 0 Å². The standard InChI is InChI=1S/C14H19N3O2/c1-19-13(18)11-8-15-14(16-9-11)17-7-3-6-12(17)10-4-2-5-10/h8-10,12H,2-7H2,1H3. The molecule has 1 aromatic heterocycles. The van der Waals surface area contributed by atoms with Gasteiger partial charge in [-0.2, -0.15) is 0 Å². The average molecular weight is 261 g/mol. The third kappa shape index (κ3) is 2.29. The molecular formula is C14H19N3O2. The van der Waals surface area contributed by atoms with Gasteiger partial charge in [0, 0.05) is 25.0 Å². The van der Waals surface area contributed by atoms with E-state index < -0.39 is 0 Å². The molecule has 3 rings (SSSR count). The summed E-state index contributed by atoms with van der Waals surface area (Å²) in [5, 5.41) is 0. The van der Waals surface area contributed by atoms with Crippen molar-refractivity contribution in [1.29, 1.82) is 0 Å². The normalized spacial score (nSPS) is 23.2. The van der Waals surface area contributed by atoms with Gasteiger partial charge in [-0.1, -0.05) is 6.42 Å². The highest BCUT2D eigenvalue weighted by atomic mass is 16.5. The first-order valence-corrected chi connectivity index (χ1v) is 6.96. The van der Waals surface area contributed by atoms with Gasteiger partial charge in [-0.15, -0.1) is 0 Å². The Morgan fingerprint density at radius 3 is 2.58 bits per heavy atom. The molecule has 5 nitrogen and oxygen atoms in total. The molecular weight excluding hydrogens is 242 g/mol. The maximum Gasteiger partial charge on any atom is 0.341 e. The van der Waals surface area contributed by atoms with Crippen LogP contribution in [-0.4, -0.2) is 35.6 Å². The summed E-state index contributed by atoms with van der Waals surface area (Å²) in [5.74, 6) is 1.18. The van der Waals surface area contributed by atoms with E-state index in [-0.39, 0.29) is 5.97 Å². The van der Waals surface area contributed by atoms with E-state index in [1.165, 1.54) is 39.2 Å². The molecule has 2 heterocycles. The number of hydrogen-bond acceptors (Lipinski definition) is 5. The first kappa shape index (κ1) is 12.4. The van der Waals surface area contributed by atoms with Crippen molar-refractivity contribution in [2.45, 2.75) is 38.1 Å². The molecule has 1 aliphatic carbocycles. The van der Waals surface area contributed by atoms with E-state index in [0.29, 0.717) is 11.6 Å². The van der Waals surface area contributed by atoms with Crippen molar-refractivity contribution < 1.29 is 9.53 Å². The first-order valence-electron chi connectivity index (χ1n) is 6.96. The fourth-order valence-corrected chi connectivity index (χ4v) is 3.05. The minimum absolute atomic E-state index is 0.386. The second-order valence-electron chi connectivity index (χ2n) is 5.36. The van der Waals surface area contributed by atoms with Crippen molar-refractivity contribution in [2.75, 3.05) is 18.6 Å². The van der Waals surface area contributed by atoms with Gasteiger partial charge in [0.2, 0.25) is 5.95 Å². The second-order valence-corrected chi connectivity index (χ2v) is 5.36. The predicted octanol–water partition coefficient (Wildman–Crippen LogP) is 2.03. The molecule has 1 aromatic rings. The minimum Gasteiger partial charge on any atom is -0.465 e. The summed E-state index contributed by atoms with van der Waals surface area (Å²) in [6.07, 6.45) is 9.60.